The summed E-state index contributed by atoms with van der Waals surface area (Å²) in [6.07, 6.45) is 5.86. The van der Waals surface area contributed by atoms with Gasteiger partial charge in [-0.05, 0) is 44.7 Å². The van der Waals surface area contributed by atoms with E-state index in [-0.39, 0.29) is 24.0 Å². The maximum Gasteiger partial charge on any atom is 0.191 e. The van der Waals surface area contributed by atoms with Crippen LogP contribution in [0.1, 0.15) is 29.2 Å². The molecule has 2 N–H and O–H groups in total. The van der Waals surface area contributed by atoms with Crippen LogP contribution in [-0.2, 0) is 19.9 Å². The number of aromatic nitrogens is 2. The molecule has 0 amide bonds. The molecule has 0 aliphatic carbocycles. The van der Waals surface area contributed by atoms with Crippen molar-refractivity contribution in [3.05, 3.63) is 52.8 Å². The van der Waals surface area contributed by atoms with E-state index in [4.69, 9.17) is 0 Å². The van der Waals surface area contributed by atoms with Gasteiger partial charge in [0.2, 0.25) is 0 Å². The van der Waals surface area contributed by atoms with E-state index in [0.717, 1.165) is 38.4 Å². The average molecular weight is 455 g/mol. The van der Waals surface area contributed by atoms with Crippen molar-refractivity contribution in [1.29, 1.82) is 0 Å². The quantitative estimate of drug-likeness (QED) is 0.384. The van der Waals surface area contributed by atoms with Crippen molar-refractivity contribution in [1.82, 2.24) is 20.4 Å². The number of halogens is 1. The lowest BCUT2D eigenvalue weighted by atomic mass is 10.1. The summed E-state index contributed by atoms with van der Waals surface area (Å²) >= 11 is 0. The van der Waals surface area contributed by atoms with E-state index in [1.165, 1.54) is 22.3 Å². The fourth-order valence-corrected chi connectivity index (χ4v) is 2.78. The number of hydrogen-bond acceptors (Lipinski definition) is 2. The summed E-state index contributed by atoms with van der Waals surface area (Å²) in [7, 11) is 1.94. The molecule has 25 heavy (non-hydrogen) atoms. The van der Waals surface area contributed by atoms with E-state index in [9.17, 15) is 0 Å². The first kappa shape index (κ1) is 21.5. The van der Waals surface area contributed by atoms with Crippen molar-refractivity contribution in [3.8, 4) is 0 Å². The zero-order chi connectivity index (χ0) is 17.4. The summed E-state index contributed by atoms with van der Waals surface area (Å²) in [6.45, 7) is 8.87. The van der Waals surface area contributed by atoms with Crippen LogP contribution in [0.15, 0.2) is 35.6 Å². The van der Waals surface area contributed by atoms with Crippen molar-refractivity contribution < 1.29 is 0 Å². The molecule has 0 bridgehead atoms. The summed E-state index contributed by atoms with van der Waals surface area (Å²) in [4.78, 5) is 4.68. The van der Waals surface area contributed by atoms with E-state index >= 15 is 0 Å². The molecule has 1 heterocycles. The van der Waals surface area contributed by atoms with Crippen LogP contribution in [0.3, 0.4) is 0 Å². The van der Waals surface area contributed by atoms with Crippen molar-refractivity contribution in [2.75, 3.05) is 19.6 Å². The highest BCUT2D eigenvalue weighted by molar-refractivity contribution is 14.0. The topological polar surface area (TPSA) is 54.2 Å². The molecule has 5 nitrogen and oxygen atoms in total. The second-order valence-electron chi connectivity index (χ2n) is 6.21. The van der Waals surface area contributed by atoms with E-state index in [1.54, 1.807) is 0 Å². The Bertz CT molecular complexity index is 658. The SMILES string of the molecule is CCNC(=NCCc1cc(C)cc(C)c1)NCCc1cnn(C)c1.I. The highest BCUT2D eigenvalue weighted by atomic mass is 127. The number of hydrogen-bond donors (Lipinski definition) is 2. The summed E-state index contributed by atoms with van der Waals surface area (Å²) in [5, 5.41) is 10.9. The molecule has 138 valence electrons. The van der Waals surface area contributed by atoms with Crippen LogP contribution in [0.5, 0.6) is 0 Å². The third kappa shape index (κ3) is 7.90. The highest BCUT2D eigenvalue weighted by Gasteiger charge is 2.00. The monoisotopic (exact) mass is 455 g/mol. The molecule has 1 aromatic carbocycles. The predicted molar refractivity (Wildman–Crippen MR) is 116 cm³/mol. The fourth-order valence-electron chi connectivity index (χ4n) is 2.78. The van der Waals surface area contributed by atoms with Gasteiger partial charge in [0.05, 0.1) is 6.20 Å². The van der Waals surface area contributed by atoms with Gasteiger partial charge in [-0.25, -0.2) is 0 Å². The molecule has 0 spiro atoms. The van der Waals surface area contributed by atoms with Crippen LogP contribution in [-0.4, -0.2) is 35.4 Å². The first-order valence-corrected chi connectivity index (χ1v) is 8.63. The molecule has 0 saturated carbocycles. The van der Waals surface area contributed by atoms with Crippen molar-refractivity contribution >= 4 is 29.9 Å². The first-order chi connectivity index (χ1) is 11.6. The summed E-state index contributed by atoms with van der Waals surface area (Å²) in [5.41, 5.74) is 5.21. The Morgan fingerprint density at radius 3 is 2.40 bits per heavy atom. The van der Waals surface area contributed by atoms with Gasteiger partial charge in [-0.2, -0.15) is 5.10 Å². The maximum absolute atomic E-state index is 4.68. The summed E-state index contributed by atoms with van der Waals surface area (Å²) in [5.74, 6) is 0.880. The maximum atomic E-state index is 4.68. The van der Waals surface area contributed by atoms with Gasteiger partial charge in [-0.15, -0.1) is 24.0 Å². The lowest BCUT2D eigenvalue weighted by molar-refractivity contribution is 0.765. The minimum Gasteiger partial charge on any atom is -0.357 e. The van der Waals surface area contributed by atoms with E-state index in [0.29, 0.717) is 0 Å². The third-order valence-corrected chi connectivity index (χ3v) is 3.76. The van der Waals surface area contributed by atoms with Crippen molar-refractivity contribution in [2.45, 2.75) is 33.6 Å². The summed E-state index contributed by atoms with van der Waals surface area (Å²) < 4.78 is 1.83. The van der Waals surface area contributed by atoms with Gasteiger partial charge < -0.3 is 10.6 Å². The van der Waals surface area contributed by atoms with E-state index in [2.05, 4.69) is 59.7 Å². The number of benzene rings is 1. The molecule has 0 atom stereocenters. The predicted octanol–water partition coefficient (Wildman–Crippen LogP) is 3.00. The Morgan fingerprint density at radius 1 is 1.08 bits per heavy atom. The van der Waals surface area contributed by atoms with Gasteiger partial charge in [0, 0.05) is 32.9 Å². The second kappa shape index (κ2) is 11.1. The molecule has 0 saturated heterocycles. The van der Waals surface area contributed by atoms with Gasteiger partial charge >= 0.3 is 0 Å². The van der Waals surface area contributed by atoms with Gasteiger partial charge in [0.15, 0.2) is 5.96 Å². The average Bonchev–Trinajstić information content (AvgIpc) is 2.92. The van der Waals surface area contributed by atoms with Gasteiger partial charge in [0.1, 0.15) is 0 Å². The van der Waals surface area contributed by atoms with Gasteiger partial charge in [0.25, 0.3) is 0 Å². The van der Waals surface area contributed by atoms with Gasteiger partial charge in [-0.1, -0.05) is 29.3 Å². The number of guanidine groups is 1. The first-order valence-electron chi connectivity index (χ1n) is 8.63. The van der Waals surface area contributed by atoms with Gasteiger partial charge in [-0.3, -0.25) is 9.67 Å². The molecule has 0 aliphatic heterocycles. The molecule has 1 aromatic heterocycles. The fraction of sp³-hybridized carbons (Fsp3) is 0.474. The molecule has 0 radical (unpaired) electrons. The Hall–Kier alpha value is -1.57. The Balaban J connectivity index is 0.00000312. The molecule has 0 fully saturated rings. The molecule has 6 heteroatoms. The van der Waals surface area contributed by atoms with Crippen LogP contribution in [0.25, 0.3) is 0 Å². The minimum atomic E-state index is 0. The molecule has 2 aromatic rings. The van der Waals surface area contributed by atoms with E-state index in [1.807, 2.05) is 24.1 Å². The zero-order valence-electron chi connectivity index (χ0n) is 15.7. The highest BCUT2D eigenvalue weighted by Crippen LogP contribution is 2.09. The zero-order valence-corrected chi connectivity index (χ0v) is 18.0. The van der Waals surface area contributed by atoms with Crippen LogP contribution in [0.4, 0.5) is 0 Å². The Morgan fingerprint density at radius 2 is 1.80 bits per heavy atom. The van der Waals surface area contributed by atoms with Crippen LogP contribution < -0.4 is 10.6 Å². The standard InChI is InChI=1S/C19H29N5.HI/c1-5-20-19(22-9-7-18-13-23-24(4)14-18)21-8-6-17-11-15(2)10-16(3)12-17;/h10-14H,5-9H2,1-4H3,(H2,20,21,22);1H. The Kier molecular flexibility index (Phi) is 9.55. The number of nitrogens with zero attached hydrogens (tertiary/aromatic N) is 3. The number of aryl methyl sites for hydroxylation is 3. The molecule has 0 aliphatic rings. The van der Waals surface area contributed by atoms with Crippen molar-refractivity contribution in [3.63, 3.8) is 0 Å². The number of nitrogens with one attached hydrogen (secondary N) is 2. The molecular weight excluding hydrogens is 425 g/mol. The third-order valence-electron chi connectivity index (χ3n) is 3.76. The van der Waals surface area contributed by atoms with E-state index < -0.39 is 0 Å². The molecular formula is C19H30IN5. The molecule has 2 rings (SSSR count). The Labute approximate surface area is 168 Å². The van der Waals surface area contributed by atoms with Crippen LogP contribution in [0.2, 0.25) is 0 Å². The summed E-state index contributed by atoms with van der Waals surface area (Å²) in [6, 6.07) is 6.69. The van der Waals surface area contributed by atoms with Crippen LogP contribution in [0, 0.1) is 13.8 Å². The lowest BCUT2D eigenvalue weighted by Crippen LogP contribution is -2.38. The minimum absolute atomic E-state index is 0. The number of rotatable bonds is 7. The van der Waals surface area contributed by atoms with Crippen molar-refractivity contribution in [2.24, 2.45) is 12.0 Å². The molecule has 0 unspecified atom stereocenters. The number of aliphatic imine (C=N–C) groups is 1. The van der Waals surface area contributed by atoms with Crippen LogP contribution >= 0.6 is 24.0 Å². The lowest BCUT2D eigenvalue weighted by Gasteiger charge is -2.11. The normalized spacial score (nSPS) is 11.1. The largest absolute Gasteiger partial charge is 0.357 e. The smallest absolute Gasteiger partial charge is 0.191 e. The second-order valence-corrected chi connectivity index (χ2v) is 6.21.